The van der Waals surface area contributed by atoms with Gasteiger partial charge in [0.05, 0.1) is 12.6 Å². The highest BCUT2D eigenvalue weighted by atomic mass is 16.6. The summed E-state index contributed by atoms with van der Waals surface area (Å²) in [5, 5.41) is 12.8. The van der Waals surface area contributed by atoms with Crippen molar-refractivity contribution in [1.82, 2.24) is 15.1 Å². The largest absolute Gasteiger partial charge is 0.508 e. The second-order valence-corrected chi connectivity index (χ2v) is 14.3. The minimum absolute atomic E-state index is 0.0517. The molecule has 3 atom stereocenters. The van der Waals surface area contributed by atoms with Gasteiger partial charge in [0.1, 0.15) is 23.4 Å². The molecule has 0 aliphatic rings. The number of carbonyl (C=O) groups excluding carboxylic acids is 4. The van der Waals surface area contributed by atoms with Gasteiger partial charge in [0.15, 0.2) is 0 Å². The molecule has 2 N–H and O–H groups in total. The van der Waals surface area contributed by atoms with Crippen LogP contribution in [0.3, 0.4) is 0 Å². The third-order valence-electron chi connectivity index (χ3n) is 7.51. The summed E-state index contributed by atoms with van der Waals surface area (Å²) < 4.78 is 10.7. The molecule has 44 heavy (non-hydrogen) atoms. The van der Waals surface area contributed by atoms with Crippen LogP contribution >= 0.6 is 0 Å². The Hall–Kier alpha value is -3.56. The van der Waals surface area contributed by atoms with E-state index in [-0.39, 0.29) is 24.2 Å². The predicted molar refractivity (Wildman–Crippen MR) is 172 cm³/mol. The quantitative estimate of drug-likeness (QED) is 0.251. The van der Waals surface area contributed by atoms with E-state index in [0.29, 0.717) is 11.1 Å². The van der Waals surface area contributed by atoms with Crippen LogP contribution in [0.2, 0.25) is 0 Å². The summed E-state index contributed by atoms with van der Waals surface area (Å²) in [6.07, 6.45) is 1.02. The van der Waals surface area contributed by atoms with Crippen LogP contribution in [0.5, 0.6) is 5.75 Å². The third-order valence-corrected chi connectivity index (χ3v) is 7.51. The molecule has 3 amide bonds. The van der Waals surface area contributed by atoms with E-state index in [4.69, 9.17) is 9.47 Å². The number of nitrogens with one attached hydrogen (secondary N) is 1. The number of phenols is 1. The molecule has 1 unspecified atom stereocenters. The van der Waals surface area contributed by atoms with Crippen molar-refractivity contribution >= 4 is 23.9 Å². The summed E-state index contributed by atoms with van der Waals surface area (Å²) in [5.41, 5.74) is -1.42. The number of phenolic OH excluding ortho intramolecular Hbond substituents is 1. The van der Waals surface area contributed by atoms with Gasteiger partial charge in [-0.25, -0.2) is 9.59 Å². The van der Waals surface area contributed by atoms with E-state index in [1.165, 1.54) is 24.1 Å². The monoisotopic (exact) mass is 617 g/mol. The lowest BCUT2D eigenvalue weighted by atomic mass is 9.76. The lowest BCUT2D eigenvalue weighted by Gasteiger charge is -2.42. The maximum atomic E-state index is 14.3. The topological polar surface area (TPSA) is 125 Å². The second-order valence-electron chi connectivity index (χ2n) is 14.3. The average Bonchev–Trinajstić information content (AvgIpc) is 2.87. The lowest BCUT2D eigenvalue weighted by Crippen LogP contribution is -2.63. The van der Waals surface area contributed by atoms with Crippen molar-refractivity contribution < 1.29 is 33.8 Å². The summed E-state index contributed by atoms with van der Waals surface area (Å²) >= 11 is 0. The zero-order valence-corrected chi connectivity index (χ0v) is 29.2. The third kappa shape index (κ3) is 10.3. The fraction of sp³-hybridized carbons (Fsp3) is 0.647. The van der Waals surface area contributed by atoms with Crippen LogP contribution in [0.1, 0.15) is 88.6 Å². The lowest BCUT2D eigenvalue weighted by molar-refractivity contribution is -0.142. The van der Waals surface area contributed by atoms with Crippen LogP contribution < -0.4 is 5.32 Å². The molecule has 1 aromatic rings. The van der Waals surface area contributed by atoms with E-state index in [9.17, 15) is 24.3 Å². The van der Waals surface area contributed by atoms with Crippen molar-refractivity contribution in [2.75, 3.05) is 20.7 Å². The molecule has 10 nitrogen and oxygen atoms in total. The Morgan fingerprint density at radius 3 is 1.89 bits per heavy atom. The van der Waals surface area contributed by atoms with Gasteiger partial charge >= 0.3 is 12.1 Å². The van der Waals surface area contributed by atoms with Gasteiger partial charge in [-0.1, -0.05) is 66.7 Å². The highest BCUT2D eigenvalue weighted by Gasteiger charge is 2.46. The highest BCUT2D eigenvalue weighted by molar-refractivity contribution is 5.93. The average molecular weight is 618 g/mol. The number of carbonyl (C=O) groups is 4. The Kier molecular flexibility index (Phi) is 13.1. The minimum Gasteiger partial charge on any atom is -0.508 e. The SMILES string of the molecule is CCOC(=O)/C(C)=C/[C@H](C(C)C)N(C)C(=O)[C@@H](NC(=O)C(N(C)C(=O)OC(C)(C)C)C(C)(C)c1ccc(O)cc1)C(C)(C)C. The van der Waals surface area contributed by atoms with Crippen LogP contribution in [0, 0.1) is 11.3 Å². The summed E-state index contributed by atoms with van der Waals surface area (Å²) in [6, 6.07) is 3.90. The molecule has 0 spiro atoms. The van der Waals surface area contributed by atoms with Gasteiger partial charge in [-0.2, -0.15) is 0 Å². The predicted octanol–water partition coefficient (Wildman–Crippen LogP) is 5.43. The number of amides is 3. The van der Waals surface area contributed by atoms with Crippen molar-refractivity contribution in [3.8, 4) is 5.75 Å². The van der Waals surface area contributed by atoms with Crippen LogP contribution in [0.15, 0.2) is 35.9 Å². The first-order valence-corrected chi connectivity index (χ1v) is 15.1. The van der Waals surface area contributed by atoms with E-state index in [0.717, 1.165) is 0 Å². The summed E-state index contributed by atoms with van der Waals surface area (Å²) in [7, 11) is 3.15. The molecule has 0 heterocycles. The van der Waals surface area contributed by atoms with E-state index < -0.39 is 52.5 Å². The molecule has 0 aromatic heterocycles. The van der Waals surface area contributed by atoms with Gasteiger partial charge in [0, 0.05) is 25.1 Å². The Morgan fingerprint density at radius 2 is 1.45 bits per heavy atom. The van der Waals surface area contributed by atoms with Crippen molar-refractivity contribution in [1.29, 1.82) is 0 Å². The number of nitrogens with zero attached hydrogens (tertiary/aromatic N) is 2. The van der Waals surface area contributed by atoms with Gasteiger partial charge < -0.3 is 24.8 Å². The molecule has 0 aliphatic heterocycles. The second kappa shape index (κ2) is 14.9. The molecule has 1 rings (SSSR count). The summed E-state index contributed by atoms with van der Waals surface area (Å²) in [5.74, 6) is -1.33. The Bertz CT molecular complexity index is 1190. The smallest absolute Gasteiger partial charge is 0.410 e. The number of hydrogen-bond donors (Lipinski definition) is 2. The maximum absolute atomic E-state index is 14.3. The minimum atomic E-state index is -1.10. The number of esters is 1. The van der Waals surface area contributed by atoms with E-state index in [1.54, 1.807) is 64.8 Å². The van der Waals surface area contributed by atoms with Crippen molar-refractivity contribution in [3.05, 3.63) is 41.5 Å². The number of aromatic hydroxyl groups is 1. The molecular weight excluding hydrogens is 562 g/mol. The Balaban J connectivity index is 3.61. The number of benzene rings is 1. The molecule has 0 bridgehead atoms. The first-order chi connectivity index (χ1) is 19.9. The van der Waals surface area contributed by atoms with Gasteiger partial charge in [0.2, 0.25) is 11.8 Å². The van der Waals surface area contributed by atoms with Crippen LogP contribution in [0.25, 0.3) is 0 Å². The Labute approximate surface area is 264 Å². The molecule has 10 heteroatoms. The molecule has 1 aromatic carbocycles. The summed E-state index contributed by atoms with van der Waals surface area (Å²) in [4.78, 5) is 56.9. The van der Waals surface area contributed by atoms with Crippen LogP contribution in [-0.4, -0.2) is 83.2 Å². The number of rotatable bonds is 11. The van der Waals surface area contributed by atoms with Gasteiger partial charge in [0.25, 0.3) is 0 Å². The molecule has 0 saturated heterocycles. The first kappa shape index (κ1) is 38.5. The number of ether oxygens (including phenoxy) is 2. The van der Waals surface area contributed by atoms with Crippen LogP contribution in [-0.2, 0) is 29.3 Å². The zero-order valence-electron chi connectivity index (χ0n) is 29.2. The van der Waals surface area contributed by atoms with Crippen LogP contribution in [0.4, 0.5) is 4.79 Å². The molecule has 0 radical (unpaired) electrons. The van der Waals surface area contributed by atoms with Crippen molar-refractivity contribution in [2.45, 2.75) is 112 Å². The molecule has 0 aliphatic carbocycles. The molecule has 0 fully saturated rings. The van der Waals surface area contributed by atoms with E-state index in [2.05, 4.69) is 5.32 Å². The fourth-order valence-corrected chi connectivity index (χ4v) is 5.02. The highest BCUT2D eigenvalue weighted by Crippen LogP contribution is 2.33. The van der Waals surface area contributed by atoms with E-state index in [1.807, 2.05) is 48.5 Å². The maximum Gasteiger partial charge on any atom is 0.410 e. The fourth-order valence-electron chi connectivity index (χ4n) is 5.02. The standard InChI is InChI=1S/C34H55N3O7/c1-15-43-30(41)22(4)20-25(21(2)3)36(13)29(40)26(32(5,6)7)35-28(39)27(37(14)31(42)44-33(8,9)10)34(11,12)23-16-18-24(38)19-17-23/h16-21,25-27,38H,15H2,1-14H3,(H,35,39)/b22-20+/t25-,26-,27?/m1/s1. The van der Waals surface area contributed by atoms with Crippen molar-refractivity contribution in [2.24, 2.45) is 11.3 Å². The van der Waals surface area contributed by atoms with E-state index >= 15 is 0 Å². The molecule has 0 saturated carbocycles. The number of likely N-dealkylation sites (N-methyl/N-ethyl adjacent to an activating group) is 2. The van der Waals surface area contributed by atoms with Gasteiger partial charge in [-0.15, -0.1) is 0 Å². The Morgan fingerprint density at radius 1 is 0.932 bits per heavy atom. The van der Waals surface area contributed by atoms with Gasteiger partial charge in [-0.3, -0.25) is 14.5 Å². The first-order valence-electron chi connectivity index (χ1n) is 15.1. The molecular formula is C34H55N3O7. The number of hydrogen-bond acceptors (Lipinski definition) is 7. The van der Waals surface area contributed by atoms with Gasteiger partial charge in [-0.05, 0) is 63.6 Å². The molecule has 248 valence electrons. The normalized spacial score (nSPS) is 14.8. The zero-order chi connectivity index (χ0) is 34.4. The summed E-state index contributed by atoms with van der Waals surface area (Å²) in [6.45, 7) is 21.9. The van der Waals surface area contributed by atoms with Crippen molar-refractivity contribution in [3.63, 3.8) is 0 Å².